The summed E-state index contributed by atoms with van der Waals surface area (Å²) in [6.45, 7) is 2.00. The van der Waals surface area contributed by atoms with Crippen molar-refractivity contribution in [2.45, 2.75) is 6.18 Å². The van der Waals surface area contributed by atoms with Crippen LogP contribution in [0.4, 0.5) is 18.9 Å². The molecule has 4 N–H and O–H groups in total. The predicted molar refractivity (Wildman–Crippen MR) is 110 cm³/mol. The standard InChI is InChI=1S/C17H16F3N3.C4H4O4/c18-17(19,20)14-7-3-1-5-12(14)13-6-2-4-8-15(13)23-11-16-21-9-10-22-16;5-3(6)1-2-4(7)8/h1-8,23H,9-11H2,(H,21,22);1-2H,(H,5,6)(H,7,8)/b;2-1+. The molecule has 0 aromatic heterocycles. The Morgan fingerprint density at radius 2 is 1.58 bits per heavy atom. The maximum Gasteiger partial charge on any atom is 0.417 e. The van der Waals surface area contributed by atoms with Gasteiger partial charge in [-0.1, -0.05) is 36.4 Å². The summed E-state index contributed by atoms with van der Waals surface area (Å²) < 4.78 is 39.7. The zero-order valence-electron chi connectivity index (χ0n) is 16.2. The number of rotatable bonds is 6. The quantitative estimate of drug-likeness (QED) is 0.517. The molecular weight excluding hydrogens is 415 g/mol. The number of carboxylic acid groups (broad SMARTS) is 2. The minimum atomic E-state index is -4.39. The average Bonchev–Trinajstić information content (AvgIpc) is 3.24. The molecule has 0 fully saturated rings. The minimum absolute atomic E-state index is 0.171. The summed E-state index contributed by atoms with van der Waals surface area (Å²) in [5.41, 5.74) is 0.717. The van der Waals surface area contributed by atoms with E-state index in [2.05, 4.69) is 15.6 Å². The zero-order chi connectivity index (χ0) is 22.9. The summed E-state index contributed by atoms with van der Waals surface area (Å²) in [5.74, 6) is -1.69. The second kappa shape index (κ2) is 10.8. The van der Waals surface area contributed by atoms with E-state index in [4.69, 9.17) is 10.2 Å². The number of nitrogens with one attached hydrogen (secondary N) is 2. The zero-order valence-corrected chi connectivity index (χ0v) is 16.2. The van der Waals surface area contributed by atoms with Crippen LogP contribution < -0.4 is 10.6 Å². The van der Waals surface area contributed by atoms with Crippen LogP contribution in [0, 0.1) is 0 Å². The average molecular weight is 435 g/mol. The molecule has 0 radical (unpaired) electrons. The molecule has 0 amide bonds. The fraction of sp³-hybridized carbons (Fsp3) is 0.190. The number of nitrogens with zero attached hydrogens (tertiary/aromatic N) is 1. The fourth-order valence-electron chi connectivity index (χ4n) is 2.72. The third-order valence-electron chi connectivity index (χ3n) is 4.01. The first-order valence-corrected chi connectivity index (χ1v) is 9.09. The molecule has 1 aliphatic rings. The van der Waals surface area contributed by atoms with Crippen molar-refractivity contribution in [3.05, 3.63) is 66.2 Å². The number of aliphatic carboxylic acids is 2. The number of hydrogen-bond acceptors (Lipinski definition) is 5. The lowest BCUT2D eigenvalue weighted by atomic mass is 9.98. The van der Waals surface area contributed by atoms with E-state index in [0.717, 1.165) is 25.0 Å². The van der Waals surface area contributed by atoms with Crippen molar-refractivity contribution in [1.82, 2.24) is 5.32 Å². The van der Waals surface area contributed by atoms with E-state index in [1.807, 2.05) is 0 Å². The van der Waals surface area contributed by atoms with Gasteiger partial charge in [-0.3, -0.25) is 4.99 Å². The smallest absolute Gasteiger partial charge is 0.417 e. The van der Waals surface area contributed by atoms with Gasteiger partial charge in [0, 0.05) is 29.9 Å². The summed E-state index contributed by atoms with van der Waals surface area (Å²) in [4.78, 5) is 23.4. The van der Waals surface area contributed by atoms with E-state index in [1.54, 1.807) is 30.3 Å². The molecule has 0 aliphatic carbocycles. The summed E-state index contributed by atoms with van der Waals surface area (Å²) in [6.07, 6.45) is -3.27. The molecule has 0 atom stereocenters. The first-order chi connectivity index (χ1) is 14.7. The Morgan fingerprint density at radius 3 is 2.13 bits per heavy atom. The number of benzene rings is 2. The number of halogens is 3. The van der Waals surface area contributed by atoms with Gasteiger partial charge in [0.1, 0.15) is 5.84 Å². The van der Waals surface area contributed by atoms with Crippen LogP contribution in [-0.4, -0.2) is 47.6 Å². The lowest BCUT2D eigenvalue weighted by molar-refractivity contribution is -0.137. The van der Waals surface area contributed by atoms with Crippen molar-refractivity contribution >= 4 is 23.5 Å². The Balaban J connectivity index is 0.000000366. The SMILES string of the molecule is FC(F)(F)c1ccccc1-c1ccccc1NCC1=NCCN1.O=C(O)/C=C/C(=O)O. The first kappa shape index (κ1) is 23.5. The summed E-state index contributed by atoms with van der Waals surface area (Å²) in [6, 6.07) is 12.6. The summed E-state index contributed by atoms with van der Waals surface area (Å²) in [5, 5.41) is 21.9. The van der Waals surface area contributed by atoms with Gasteiger partial charge < -0.3 is 20.8 Å². The van der Waals surface area contributed by atoms with Crippen molar-refractivity contribution in [3.63, 3.8) is 0 Å². The van der Waals surface area contributed by atoms with Crippen molar-refractivity contribution in [2.24, 2.45) is 4.99 Å². The van der Waals surface area contributed by atoms with Gasteiger partial charge >= 0.3 is 18.1 Å². The predicted octanol–water partition coefficient (Wildman–Crippen LogP) is 3.50. The molecule has 0 spiro atoms. The van der Waals surface area contributed by atoms with E-state index < -0.39 is 23.7 Å². The van der Waals surface area contributed by atoms with Crippen molar-refractivity contribution in [2.75, 3.05) is 25.0 Å². The number of carbonyl (C=O) groups is 2. The van der Waals surface area contributed by atoms with Gasteiger partial charge in [-0.05, 0) is 17.7 Å². The maximum atomic E-state index is 13.2. The molecule has 0 bridgehead atoms. The second-order valence-electron chi connectivity index (χ2n) is 6.21. The highest BCUT2D eigenvalue weighted by Gasteiger charge is 2.33. The third kappa shape index (κ3) is 7.50. The van der Waals surface area contributed by atoms with E-state index in [-0.39, 0.29) is 5.56 Å². The van der Waals surface area contributed by atoms with Crippen LogP contribution in [0.3, 0.4) is 0 Å². The van der Waals surface area contributed by atoms with Gasteiger partial charge in [-0.2, -0.15) is 13.2 Å². The van der Waals surface area contributed by atoms with Gasteiger partial charge in [0.05, 0.1) is 18.7 Å². The molecule has 0 saturated carbocycles. The fourth-order valence-corrected chi connectivity index (χ4v) is 2.72. The largest absolute Gasteiger partial charge is 0.478 e. The van der Waals surface area contributed by atoms with Crippen LogP contribution in [0.1, 0.15) is 5.56 Å². The van der Waals surface area contributed by atoms with Gasteiger partial charge in [0.15, 0.2) is 0 Å². The van der Waals surface area contributed by atoms with E-state index in [0.29, 0.717) is 29.9 Å². The number of aliphatic imine (C=N–C) groups is 1. The highest BCUT2D eigenvalue weighted by atomic mass is 19.4. The Hall–Kier alpha value is -3.82. The number of para-hydroxylation sites is 1. The third-order valence-corrected chi connectivity index (χ3v) is 4.01. The number of carboxylic acids is 2. The Kier molecular flexibility index (Phi) is 8.18. The van der Waals surface area contributed by atoms with Crippen molar-refractivity contribution < 1.29 is 33.0 Å². The normalized spacial score (nSPS) is 13.1. The van der Waals surface area contributed by atoms with Crippen LogP contribution in [0.15, 0.2) is 65.7 Å². The molecule has 164 valence electrons. The van der Waals surface area contributed by atoms with Crippen LogP contribution in [0.5, 0.6) is 0 Å². The lowest BCUT2D eigenvalue weighted by Crippen LogP contribution is -2.26. The highest BCUT2D eigenvalue weighted by Crippen LogP contribution is 2.39. The minimum Gasteiger partial charge on any atom is -0.478 e. The topological polar surface area (TPSA) is 111 Å². The molecule has 7 nitrogen and oxygen atoms in total. The van der Waals surface area contributed by atoms with Crippen molar-refractivity contribution in [1.29, 1.82) is 0 Å². The molecule has 10 heteroatoms. The molecule has 1 heterocycles. The summed E-state index contributed by atoms with van der Waals surface area (Å²) >= 11 is 0. The van der Waals surface area contributed by atoms with Crippen LogP contribution in [0.25, 0.3) is 11.1 Å². The Bertz CT molecular complexity index is 972. The molecule has 1 aliphatic heterocycles. The van der Waals surface area contributed by atoms with E-state index in [1.165, 1.54) is 12.1 Å². The van der Waals surface area contributed by atoms with Gasteiger partial charge in [-0.15, -0.1) is 0 Å². The first-order valence-electron chi connectivity index (χ1n) is 9.09. The van der Waals surface area contributed by atoms with Crippen LogP contribution in [0.2, 0.25) is 0 Å². The van der Waals surface area contributed by atoms with Crippen LogP contribution in [-0.2, 0) is 15.8 Å². The van der Waals surface area contributed by atoms with Gasteiger partial charge in [-0.25, -0.2) is 9.59 Å². The molecule has 31 heavy (non-hydrogen) atoms. The Labute approximate surface area is 175 Å². The maximum absolute atomic E-state index is 13.2. The number of alkyl halides is 3. The number of amidine groups is 1. The monoisotopic (exact) mass is 435 g/mol. The number of hydrogen-bond donors (Lipinski definition) is 4. The van der Waals surface area contributed by atoms with Crippen molar-refractivity contribution in [3.8, 4) is 11.1 Å². The highest BCUT2D eigenvalue weighted by molar-refractivity contribution is 5.90. The molecule has 2 aromatic carbocycles. The van der Waals surface area contributed by atoms with Gasteiger partial charge in [0.2, 0.25) is 0 Å². The molecular formula is C21H20F3N3O4. The van der Waals surface area contributed by atoms with E-state index >= 15 is 0 Å². The summed E-state index contributed by atoms with van der Waals surface area (Å²) in [7, 11) is 0. The van der Waals surface area contributed by atoms with Gasteiger partial charge in [0.25, 0.3) is 0 Å². The molecule has 0 saturated heterocycles. The Morgan fingerprint density at radius 1 is 1.00 bits per heavy atom. The second-order valence-corrected chi connectivity index (χ2v) is 6.21. The lowest BCUT2D eigenvalue weighted by Gasteiger charge is -2.17. The molecule has 0 unspecified atom stereocenters. The molecule has 2 aromatic rings. The van der Waals surface area contributed by atoms with E-state index in [9.17, 15) is 22.8 Å². The molecule has 3 rings (SSSR count). The van der Waals surface area contributed by atoms with Crippen LogP contribution >= 0.6 is 0 Å². The number of anilines is 1.